The molecule has 0 heterocycles. The van der Waals surface area contributed by atoms with Crippen LogP contribution in [0.25, 0.3) is 32.3 Å². The van der Waals surface area contributed by atoms with Crippen LogP contribution in [-0.4, -0.2) is 45.5 Å². The van der Waals surface area contributed by atoms with Crippen molar-refractivity contribution in [1.82, 2.24) is 0 Å². The molecule has 0 saturated carbocycles. The van der Waals surface area contributed by atoms with Crippen LogP contribution in [0.3, 0.4) is 0 Å². The molecule has 0 atom stereocenters. The van der Waals surface area contributed by atoms with Crippen molar-refractivity contribution < 1.29 is 137 Å². The summed E-state index contributed by atoms with van der Waals surface area (Å²) in [5.74, 6) is 0.0955. The van der Waals surface area contributed by atoms with Gasteiger partial charge in [0.25, 0.3) is 30.4 Å². The molecule has 0 fully saturated rings. The molecule has 4 aromatic carbocycles. The van der Waals surface area contributed by atoms with Crippen molar-refractivity contribution in [2.24, 2.45) is 0 Å². The average molecular weight is 671 g/mol. The average Bonchev–Trinajstić information content (AvgIpc) is 2.84. The van der Waals surface area contributed by atoms with E-state index in [2.05, 4.69) is 6.92 Å². The molecule has 0 aliphatic carbocycles. The Morgan fingerprint density at radius 2 is 0.929 bits per heavy atom. The fourth-order valence-corrected chi connectivity index (χ4v) is 7.25. The number of ether oxygens (including phenoxy) is 1. The molecule has 0 spiro atoms. The smallest absolute Gasteiger partial charge is 1.00 e. The maximum absolute atomic E-state index is 12.3. The monoisotopic (exact) mass is 670 g/mol. The molecule has 0 radical (unpaired) electrons. The van der Waals surface area contributed by atoms with Crippen LogP contribution in [0.1, 0.15) is 62.6 Å². The Labute approximate surface area is 317 Å². The molecule has 0 amide bonds. The fourth-order valence-electron chi connectivity index (χ4n) is 5.04. The Hall–Kier alpha value is 0.450. The van der Waals surface area contributed by atoms with Gasteiger partial charge in [-0.2, -0.15) is 25.3 Å². The minimum Gasteiger partial charge on any atom is -1.00 e. The van der Waals surface area contributed by atoms with E-state index >= 15 is 0 Å². The van der Waals surface area contributed by atoms with Crippen LogP contribution >= 0.6 is 0 Å². The summed E-state index contributed by atoms with van der Waals surface area (Å²) in [7, 11) is -14.7. The third kappa shape index (κ3) is 9.04. The van der Waals surface area contributed by atoms with E-state index in [1.807, 2.05) is 0 Å². The summed E-state index contributed by atoms with van der Waals surface area (Å²) >= 11 is 0. The Morgan fingerprint density at radius 1 is 0.571 bits per heavy atom. The maximum Gasteiger partial charge on any atom is 1.00 e. The first-order valence-corrected chi connectivity index (χ1v) is 16.9. The summed E-state index contributed by atoms with van der Waals surface area (Å²) in [6.45, 7) is 2.40. The number of unbranched alkanes of at least 4 members (excludes halogenated alkanes) is 7. The van der Waals surface area contributed by atoms with Crippen molar-refractivity contribution in [2.75, 3.05) is 6.61 Å². The number of hydrogen-bond acceptors (Lipinski definition) is 7. The molecule has 0 unspecified atom stereocenters. The van der Waals surface area contributed by atoms with Crippen molar-refractivity contribution in [3.05, 3.63) is 36.4 Å². The second kappa shape index (κ2) is 16.3. The quantitative estimate of drug-likeness (QED) is 0.0584. The van der Waals surface area contributed by atoms with Crippen molar-refractivity contribution in [1.29, 1.82) is 0 Å². The van der Waals surface area contributed by atoms with Crippen LogP contribution in [0.5, 0.6) is 5.75 Å². The summed E-state index contributed by atoms with van der Waals surface area (Å²) in [6, 6.07) is 7.11. The maximum atomic E-state index is 12.3. The Morgan fingerprint density at radius 3 is 1.36 bits per heavy atom. The Kier molecular flexibility index (Phi) is 15.7. The number of hydrogen-bond donors (Lipinski definition) is 3. The largest absolute Gasteiger partial charge is 1.00 e. The Bertz CT molecular complexity index is 1820. The number of rotatable bonds is 13. The van der Waals surface area contributed by atoms with Crippen molar-refractivity contribution >= 4 is 62.7 Å². The van der Waals surface area contributed by atoms with Gasteiger partial charge in [-0.25, -0.2) is 0 Å². The van der Waals surface area contributed by atoms with Gasteiger partial charge in [0.05, 0.1) is 6.61 Å². The van der Waals surface area contributed by atoms with E-state index in [-0.39, 0.29) is 132 Å². The van der Waals surface area contributed by atoms with Gasteiger partial charge in [0.1, 0.15) is 20.4 Å². The predicted octanol–water partition coefficient (Wildman–Crippen LogP) is -2.81. The number of benzene rings is 4. The normalized spacial score (nSPS) is 12.2. The van der Waals surface area contributed by atoms with Gasteiger partial charge < -0.3 is 9.02 Å². The second-order valence-corrected chi connectivity index (χ2v) is 13.7. The third-order valence-corrected chi connectivity index (χ3v) is 9.52. The molecule has 3 N–H and O–H groups in total. The standard InChI is InChI=1S/C26H30O10S3.3Na.3H/c1-2-3-4-5-6-7-8-9-14-36-21-15-22(37(27,28)29)18-12-13-20-24(39(33,34)35)16-23(38(30,31)32)19-11-10-17(21)25(18)26(19)20;;;;;;/h10-13,15-16H,2-9,14H2,1H3,(H,27,28,29)(H,30,31,32)(H,33,34,35);;;;;;/q;3*+1;3*-1. The summed E-state index contributed by atoms with van der Waals surface area (Å²) in [5, 5.41) is 0.193. The molecule has 10 nitrogen and oxygen atoms in total. The van der Waals surface area contributed by atoms with Gasteiger partial charge in [-0.3, -0.25) is 13.7 Å². The predicted molar refractivity (Wildman–Crippen MR) is 151 cm³/mol. The minimum atomic E-state index is -4.96. The van der Waals surface area contributed by atoms with Gasteiger partial charge in [0, 0.05) is 38.4 Å². The topological polar surface area (TPSA) is 172 Å². The van der Waals surface area contributed by atoms with Gasteiger partial charge in [-0.05, 0) is 18.6 Å². The molecular weight excluding hydrogens is 637 g/mol. The van der Waals surface area contributed by atoms with Crippen LogP contribution in [-0.2, 0) is 30.4 Å². The second-order valence-electron chi connectivity index (χ2n) is 9.57. The first kappa shape index (κ1) is 40.5. The van der Waals surface area contributed by atoms with Crippen LogP contribution < -0.4 is 93.4 Å². The molecule has 0 aliphatic heterocycles. The van der Waals surface area contributed by atoms with E-state index in [4.69, 9.17) is 4.74 Å². The first-order valence-electron chi connectivity index (χ1n) is 12.6. The van der Waals surface area contributed by atoms with Gasteiger partial charge in [0.2, 0.25) is 0 Å². The zero-order valence-corrected chi connectivity index (χ0v) is 32.7. The minimum absolute atomic E-state index is 0. The van der Waals surface area contributed by atoms with Crippen molar-refractivity contribution in [3.63, 3.8) is 0 Å². The van der Waals surface area contributed by atoms with Crippen LogP contribution in [0, 0.1) is 0 Å². The fraction of sp³-hybridized carbons (Fsp3) is 0.385. The molecule has 0 aliphatic rings. The molecule has 4 aromatic rings. The molecule has 0 bridgehead atoms. The zero-order valence-electron chi connectivity index (χ0n) is 27.3. The van der Waals surface area contributed by atoms with Crippen LogP contribution in [0.4, 0.5) is 0 Å². The van der Waals surface area contributed by atoms with E-state index in [9.17, 15) is 38.9 Å². The van der Waals surface area contributed by atoms with E-state index < -0.39 is 45.0 Å². The van der Waals surface area contributed by atoms with Gasteiger partial charge in [0.15, 0.2) is 0 Å². The van der Waals surface area contributed by atoms with E-state index in [0.717, 1.165) is 19.3 Å². The molecule has 0 aromatic heterocycles. The van der Waals surface area contributed by atoms with Crippen LogP contribution in [0.2, 0.25) is 0 Å². The molecule has 0 saturated heterocycles. The Balaban J connectivity index is -0.00000294. The first-order chi connectivity index (χ1) is 18.2. The third-order valence-electron chi connectivity index (χ3n) is 6.84. The molecule has 16 heteroatoms. The summed E-state index contributed by atoms with van der Waals surface area (Å²) in [6.07, 6.45) is 8.48. The van der Waals surface area contributed by atoms with Gasteiger partial charge in [-0.15, -0.1) is 0 Å². The summed E-state index contributed by atoms with van der Waals surface area (Å²) in [5.41, 5.74) is 0. The van der Waals surface area contributed by atoms with Crippen molar-refractivity contribution in [3.8, 4) is 5.75 Å². The van der Waals surface area contributed by atoms with Crippen molar-refractivity contribution in [2.45, 2.75) is 73.0 Å². The molecule has 4 rings (SSSR count). The summed E-state index contributed by atoms with van der Waals surface area (Å²) in [4.78, 5) is -2.08. The van der Waals surface area contributed by atoms with Gasteiger partial charge in [-0.1, -0.05) is 70.1 Å². The van der Waals surface area contributed by atoms with E-state index in [1.54, 1.807) is 0 Å². The molecule has 218 valence electrons. The van der Waals surface area contributed by atoms with E-state index in [0.29, 0.717) is 17.9 Å². The molecular formula is C26H33Na3O10S3. The van der Waals surface area contributed by atoms with Gasteiger partial charge >= 0.3 is 88.7 Å². The molecule has 42 heavy (non-hydrogen) atoms. The van der Waals surface area contributed by atoms with Crippen LogP contribution in [0.15, 0.2) is 51.1 Å². The zero-order chi connectivity index (χ0) is 28.6. The SMILES string of the molecule is CCCCCCCCCCOc1cc(S(=O)(=O)O)c2ccc3c(S(=O)(=O)O)cc(S(=O)(=O)O)c4ccc1c2c43.[H-].[H-].[H-].[Na+].[Na+].[Na+]. The summed E-state index contributed by atoms with van der Waals surface area (Å²) < 4.78 is 109. The van der Waals surface area contributed by atoms with E-state index in [1.165, 1.54) is 56.0 Å².